The van der Waals surface area contributed by atoms with Gasteiger partial charge in [-0.25, -0.2) is 0 Å². The number of rotatable bonds is 4. The fraction of sp³-hybridized carbons (Fsp3) is 0.571. The Morgan fingerprint density at radius 2 is 2.12 bits per heavy atom. The van der Waals surface area contributed by atoms with Crippen molar-refractivity contribution in [3.63, 3.8) is 0 Å². The van der Waals surface area contributed by atoms with E-state index in [4.69, 9.17) is 4.74 Å². The minimum atomic E-state index is 0.161. The monoisotopic (exact) mass is 297 g/mol. The molecule has 1 N–H and O–H groups in total. The van der Waals surface area contributed by atoms with E-state index in [1.807, 2.05) is 0 Å². The molecule has 3 heteroatoms. The van der Waals surface area contributed by atoms with Crippen molar-refractivity contribution in [2.45, 2.75) is 25.3 Å². The molecule has 1 saturated heterocycles. The Kier molecular flexibility index (Phi) is 4.23. The topological polar surface area (TPSA) is 21.3 Å². The number of ether oxygens (including phenoxy) is 1. The van der Waals surface area contributed by atoms with Gasteiger partial charge in [-0.3, -0.25) is 0 Å². The fourth-order valence-electron chi connectivity index (χ4n) is 2.70. The van der Waals surface area contributed by atoms with Crippen LogP contribution in [0, 0.1) is 5.92 Å². The first-order valence-corrected chi connectivity index (χ1v) is 6.89. The zero-order valence-electron chi connectivity index (χ0n) is 10.5. The molecule has 1 aromatic rings. The van der Waals surface area contributed by atoms with E-state index >= 15 is 0 Å². The SMILES string of the molecule is COCC1(C)CC(Cc2ccc(Br)cc2)CN1. The Balaban J connectivity index is 1.91. The lowest BCUT2D eigenvalue weighted by atomic mass is 9.91. The maximum absolute atomic E-state index is 5.27. The van der Waals surface area contributed by atoms with Crippen LogP contribution in [-0.4, -0.2) is 25.8 Å². The van der Waals surface area contributed by atoms with Gasteiger partial charge in [-0.2, -0.15) is 0 Å². The second-order valence-corrected chi connectivity index (χ2v) is 6.19. The van der Waals surface area contributed by atoms with Gasteiger partial charge in [-0.05, 0) is 49.9 Å². The summed E-state index contributed by atoms with van der Waals surface area (Å²) in [6, 6.07) is 8.64. The van der Waals surface area contributed by atoms with Gasteiger partial charge < -0.3 is 10.1 Å². The molecule has 0 radical (unpaired) electrons. The zero-order chi connectivity index (χ0) is 12.3. The Morgan fingerprint density at radius 1 is 1.41 bits per heavy atom. The van der Waals surface area contributed by atoms with Gasteiger partial charge >= 0.3 is 0 Å². The van der Waals surface area contributed by atoms with Crippen LogP contribution in [0.15, 0.2) is 28.7 Å². The predicted molar refractivity (Wildman–Crippen MR) is 74.2 cm³/mol. The molecule has 0 bridgehead atoms. The molecule has 2 rings (SSSR count). The molecule has 2 nitrogen and oxygen atoms in total. The van der Waals surface area contributed by atoms with Crippen molar-refractivity contribution in [2.75, 3.05) is 20.3 Å². The van der Waals surface area contributed by atoms with Gasteiger partial charge in [-0.15, -0.1) is 0 Å². The van der Waals surface area contributed by atoms with E-state index in [9.17, 15) is 0 Å². The van der Waals surface area contributed by atoms with Crippen LogP contribution < -0.4 is 5.32 Å². The molecule has 1 heterocycles. The zero-order valence-corrected chi connectivity index (χ0v) is 12.1. The Morgan fingerprint density at radius 3 is 2.76 bits per heavy atom. The summed E-state index contributed by atoms with van der Waals surface area (Å²) in [5, 5.41) is 3.58. The summed E-state index contributed by atoms with van der Waals surface area (Å²) < 4.78 is 6.42. The van der Waals surface area contributed by atoms with Crippen molar-refractivity contribution < 1.29 is 4.74 Å². The highest BCUT2D eigenvalue weighted by molar-refractivity contribution is 9.10. The van der Waals surface area contributed by atoms with Gasteiger partial charge in [0.05, 0.1) is 6.61 Å². The average molecular weight is 298 g/mol. The van der Waals surface area contributed by atoms with Gasteiger partial charge in [0, 0.05) is 17.1 Å². The fourth-order valence-corrected chi connectivity index (χ4v) is 2.96. The lowest BCUT2D eigenvalue weighted by Gasteiger charge is -2.23. The Labute approximate surface area is 112 Å². The second-order valence-electron chi connectivity index (χ2n) is 5.28. The molecule has 1 aliphatic heterocycles. The highest BCUT2D eigenvalue weighted by atomic mass is 79.9. The predicted octanol–water partition coefficient (Wildman–Crippen LogP) is 3.01. The molecule has 94 valence electrons. The first-order valence-electron chi connectivity index (χ1n) is 6.10. The third-order valence-corrected chi connectivity index (χ3v) is 3.99. The molecular weight excluding hydrogens is 278 g/mol. The van der Waals surface area contributed by atoms with E-state index in [0.717, 1.165) is 30.0 Å². The molecule has 0 saturated carbocycles. The number of benzene rings is 1. The van der Waals surface area contributed by atoms with Crippen LogP contribution in [-0.2, 0) is 11.2 Å². The van der Waals surface area contributed by atoms with E-state index in [-0.39, 0.29) is 5.54 Å². The van der Waals surface area contributed by atoms with E-state index < -0.39 is 0 Å². The number of halogens is 1. The van der Waals surface area contributed by atoms with E-state index in [1.54, 1.807) is 7.11 Å². The standard InChI is InChI=1S/C14H20BrNO/c1-14(10-17-2)8-12(9-16-14)7-11-3-5-13(15)6-4-11/h3-6,12,16H,7-10H2,1-2H3. The lowest BCUT2D eigenvalue weighted by Crippen LogP contribution is -2.40. The van der Waals surface area contributed by atoms with Crippen molar-refractivity contribution in [3.8, 4) is 0 Å². The molecule has 0 spiro atoms. The number of nitrogens with one attached hydrogen (secondary N) is 1. The van der Waals surface area contributed by atoms with Crippen molar-refractivity contribution in [3.05, 3.63) is 34.3 Å². The van der Waals surface area contributed by atoms with Crippen molar-refractivity contribution in [2.24, 2.45) is 5.92 Å². The summed E-state index contributed by atoms with van der Waals surface area (Å²) in [7, 11) is 1.77. The Bertz CT molecular complexity index is 365. The summed E-state index contributed by atoms with van der Waals surface area (Å²) in [6.45, 7) is 4.14. The van der Waals surface area contributed by atoms with Crippen molar-refractivity contribution in [1.29, 1.82) is 0 Å². The van der Waals surface area contributed by atoms with Crippen LogP contribution in [0.3, 0.4) is 0 Å². The summed E-state index contributed by atoms with van der Waals surface area (Å²) in [6.07, 6.45) is 2.34. The lowest BCUT2D eigenvalue weighted by molar-refractivity contribution is 0.128. The summed E-state index contributed by atoms with van der Waals surface area (Å²) in [5.41, 5.74) is 1.58. The van der Waals surface area contributed by atoms with Crippen LogP contribution in [0.25, 0.3) is 0 Å². The van der Waals surface area contributed by atoms with Gasteiger partial charge in [0.15, 0.2) is 0 Å². The van der Waals surface area contributed by atoms with Crippen LogP contribution in [0.1, 0.15) is 18.9 Å². The largest absolute Gasteiger partial charge is 0.383 e. The minimum absolute atomic E-state index is 0.161. The third-order valence-electron chi connectivity index (χ3n) is 3.46. The summed E-state index contributed by atoms with van der Waals surface area (Å²) in [5.74, 6) is 0.719. The molecule has 1 aromatic carbocycles. The minimum Gasteiger partial charge on any atom is -0.383 e. The van der Waals surface area contributed by atoms with Gasteiger partial charge in [0.25, 0.3) is 0 Å². The first kappa shape index (κ1) is 13.1. The maximum atomic E-state index is 5.27. The van der Waals surface area contributed by atoms with Crippen LogP contribution in [0.2, 0.25) is 0 Å². The molecular formula is C14H20BrNO. The van der Waals surface area contributed by atoms with Gasteiger partial charge in [0.2, 0.25) is 0 Å². The van der Waals surface area contributed by atoms with Gasteiger partial charge in [0.1, 0.15) is 0 Å². The molecule has 0 amide bonds. The molecule has 2 unspecified atom stereocenters. The Hall–Kier alpha value is -0.380. The molecule has 0 aliphatic carbocycles. The van der Waals surface area contributed by atoms with E-state index in [1.165, 1.54) is 12.0 Å². The normalized spacial score (nSPS) is 28.5. The summed E-state index contributed by atoms with van der Waals surface area (Å²) in [4.78, 5) is 0. The van der Waals surface area contributed by atoms with E-state index in [0.29, 0.717) is 0 Å². The third kappa shape index (κ3) is 3.54. The van der Waals surface area contributed by atoms with Gasteiger partial charge in [-0.1, -0.05) is 28.1 Å². The second kappa shape index (κ2) is 5.51. The molecule has 17 heavy (non-hydrogen) atoms. The highest BCUT2D eigenvalue weighted by Gasteiger charge is 2.34. The van der Waals surface area contributed by atoms with Crippen LogP contribution in [0.5, 0.6) is 0 Å². The average Bonchev–Trinajstić information content (AvgIpc) is 2.64. The highest BCUT2D eigenvalue weighted by Crippen LogP contribution is 2.27. The molecule has 2 atom stereocenters. The first-order chi connectivity index (χ1) is 8.11. The molecule has 1 aliphatic rings. The van der Waals surface area contributed by atoms with Crippen LogP contribution >= 0.6 is 15.9 Å². The number of methoxy groups -OCH3 is 1. The number of hydrogen-bond donors (Lipinski definition) is 1. The molecule has 1 fully saturated rings. The van der Waals surface area contributed by atoms with Crippen LogP contribution in [0.4, 0.5) is 0 Å². The van der Waals surface area contributed by atoms with Crippen molar-refractivity contribution >= 4 is 15.9 Å². The smallest absolute Gasteiger partial charge is 0.0641 e. The van der Waals surface area contributed by atoms with Crippen molar-refractivity contribution in [1.82, 2.24) is 5.32 Å². The molecule has 0 aromatic heterocycles. The summed E-state index contributed by atoms with van der Waals surface area (Å²) >= 11 is 3.47. The van der Waals surface area contributed by atoms with E-state index in [2.05, 4.69) is 52.4 Å². The maximum Gasteiger partial charge on any atom is 0.0641 e. The quantitative estimate of drug-likeness (QED) is 0.922. The number of hydrogen-bond acceptors (Lipinski definition) is 2.